The average Bonchev–Trinajstić information content (AvgIpc) is 3.75. The van der Waals surface area contributed by atoms with Gasteiger partial charge in [0.05, 0.1) is 33.2 Å². The van der Waals surface area contributed by atoms with Crippen molar-refractivity contribution in [3.05, 3.63) is 137 Å². The predicted octanol–water partition coefficient (Wildman–Crippen LogP) is 4.20. The summed E-state index contributed by atoms with van der Waals surface area (Å²) in [4.78, 5) is 64.1. The van der Waals surface area contributed by atoms with Crippen molar-refractivity contribution < 1.29 is 40.8 Å². The fourth-order valence-corrected chi connectivity index (χ4v) is 9.20. The van der Waals surface area contributed by atoms with E-state index in [1.54, 1.807) is 42.5 Å². The Bertz CT molecular complexity index is 2800. The highest BCUT2D eigenvalue weighted by atomic mass is 32.2. The predicted molar refractivity (Wildman–Crippen MR) is 196 cm³/mol. The van der Waals surface area contributed by atoms with E-state index in [4.69, 9.17) is 0 Å². The number of ketones is 4. The summed E-state index contributed by atoms with van der Waals surface area (Å²) in [5, 5.41) is 12.0. The zero-order chi connectivity index (χ0) is 38.5. The van der Waals surface area contributed by atoms with Gasteiger partial charge >= 0.3 is 0 Å². The normalized spacial score (nSPS) is 14.1. The number of carbonyl (C=O) groups is 5. The van der Waals surface area contributed by atoms with Gasteiger partial charge in [0.25, 0.3) is 10.0 Å². The molecule has 2 aliphatic rings. The summed E-state index contributed by atoms with van der Waals surface area (Å²) in [5.74, 6) is -5.02. The highest BCUT2D eigenvalue weighted by Crippen LogP contribution is 2.37. The molecule has 3 aromatic carbocycles. The molecule has 2 aromatic heterocycles. The summed E-state index contributed by atoms with van der Waals surface area (Å²) >= 11 is 0. The highest BCUT2D eigenvalue weighted by Gasteiger charge is 2.37. The van der Waals surface area contributed by atoms with Crippen LogP contribution in [0, 0.1) is 11.3 Å². The first-order chi connectivity index (χ1) is 25.7. The van der Waals surface area contributed by atoms with Gasteiger partial charge in [-0.2, -0.15) is 5.26 Å². The molecule has 268 valence electrons. The molecule has 0 saturated heterocycles. The van der Waals surface area contributed by atoms with Crippen LogP contribution in [0.5, 0.6) is 0 Å². The molecule has 0 fully saturated rings. The molecule has 54 heavy (non-hydrogen) atoms. The Balaban J connectivity index is 1.30. The largest absolute Gasteiger partial charge is 0.352 e. The van der Waals surface area contributed by atoms with Crippen LogP contribution in [0.4, 0.5) is 0 Å². The van der Waals surface area contributed by atoms with E-state index >= 15 is 0 Å². The van der Waals surface area contributed by atoms with Gasteiger partial charge in [-0.1, -0.05) is 72.8 Å². The van der Waals surface area contributed by atoms with Crippen LogP contribution in [0.2, 0.25) is 0 Å². The van der Waals surface area contributed by atoms with E-state index in [1.807, 2.05) is 0 Å². The zero-order valence-corrected chi connectivity index (χ0v) is 29.8. The molecule has 0 atom stereocenters. The monoisotopic (exact) mass is 758 g/mol. The van der Waals surface area contributed by atoms with Gasteiger partial charge in [-0.15, -0.1) is 0 Å². The zero-order valence-electron chi connectivity index (χ0n) is 28.1. The third-order valence-electron chi connectivity index (χ3n) is 8.96. The molecule has 15 heteroatoms. The molecule has 1 amide bonds. The Kier molecular flexibility index (Phi) is 8.80. The minimum absolute atomic E-state index is 0.0820. The van der Waals surface area contributed by atoms with Crippen molar-refractivity contribution in [3.63, 3.8) is 0 Å². The molecule has 0 radical (unpaired) electrons. The van der Waals surface area contributed by atoms with Crippen LogP contribution >= 0.6 is 0 Å². The van der Waals surface area contributed by atoms with Crippen LogP contribution < -0.4 is 5.32 Å². The molecule has 2 heterocycles. The first-order valence-electron chi connectivity index (χ1n) is 16.2. The Morgan fingerprint density at radius 1 is 0.685 bits per heavy atom. The number of allylic oxidation sites excluding steroid dienone is 1. The van der Waals surface area contributed by atoms with Gasteiger partial charge < -0.3 is 5.32 Å². The lowest BCUT2D eigenvalue weighted by atomic mass is 9.90. The van der Waals surface area contributed by atoms with Crippen LogP contribution in [0.15, 0.2) is 113 Å². The first-order valence-corrected chi connectivity index (χ1v) is 19.2. The fourth-order valence-electron chi connectivity index (χ4n) is 6.36. The smallest absolute Gasteiger partial charge is 0.268 e. The number of benzene rings is 3. The summed E-state index contributed by atoms with van der Waals surface area (Å²) in [6.07, 6.45) is 4.80. The Labute approximate surface area is 308 Å². The molecule has 13 nitrogen and oxygen atoms in total. The summed E-state index contributed by atoms with van der Waals surface area (Å²) in [6, 6.07) is 23.4. The summed E-state index contributed by atoms with van der Waals surface area (Å²) in [5.41, 5.74) is 0.180. The summed E-state index contributed by atoms with van der Waals surface area (Å²) in [7, 11) is -8.60. The van der Waals surface area contributed by atoms with Crippen LogP contribution in [-0.2, 0) is 40.2 Å². The number of nitriles is 1. The summed E-state index contributed by atoms with van der Waals surface area (Å²) in [6.45, 7) is 0.930. The third kappa shape index (κ3) is 6.02. The standard InChI is InChI=1S/C39H26N4O9S2/c1-23(44)41-19-28-17-33-35(39(48)37(28)46)31(21-43(33)54(51,52)29-10-6-3-7-11-29)26-14-12-24(13-15-26)22-53(49,50)42-20-30(25-8-4-2-5-9-25)34-32(42)16-27(18-40)36(45)38(34)47/h2-17,20-21H,19,22H2,1H3,(H,41,44). The van der Waals surface area contributed by atoms with Crippen molar-refractivity contribution in [2.24, 2.45) is 0 Å². The van der Waals surface area contributed by atoms with Gasteiger partial charge in [0.1, 0.15) is 11.6 Å². The van der Waals surface area contributed by atoms with Crippen LogP contribution in [0.3, 0.4) is 0 Å². The second-order valence-corrected chi connectivity index (χ2v) is 16.1. The molecule has 0 spiro atoms. The van der Waals surface area contributed by atoms with Gasteiger partial charge in [-0.25, -0.2) is 24.8 Å². The van der Waals surface area contributed by atoms with Crippen molar-refractivity contribution in [1.29, 1.82) is 5.26 Å². The first kappa shape index (κ1) is 35.6. The van der Waals surface area contributed by atoms with E-state index in [9.17, 15) is 46.1 Å². The van der Waals surface area contributed by atoms with E-state index in [0.29, 0.717) is 11.1 Å². The molecule has 2 aliphatic carbocycles. The SMILES string of the molecule is CC(=O)NCC1=Cc2c(c(-c3ccc(CS(=O)(=O)n4cc(-c5ccccc5)c5c4C=C(C#N)C(=O)C5=O)cc3)cn2S(=O)(=O)c2ccccc2)C(=O)C1=O. The van der Waals surface area contributed by atoms with Gasteiger partial charge in [0.15, 0.2) is 0 Å². The van der Waals surface area contributed by atoms with Crippen molar-refractivity contribution in [2.75, 3.05) is 6.54 Å². The number of rotatable bonds is 9. The quantitative estimate of drug-likeness (QED) is 0.213. The van der Waals surface area contributed by atoms with E-state index in [-0.39, 0.29) is 56.2 Å². The maximum absolute atomic E-state index is 14.0. The third-order valence-corrected chi connectivity index (χ3v) is 12.2. The number of fused-ring (bicyclic) bond motifs is 2. The lowest BCUT2D eigenvalue weighted by molar-refractivity contribution is -0.118. The van der Waals surface area contributed by atoms with Gasteiger partial charge in [0, 0.05) is 42.6 Å². The van der Waals surface area contributed by atoms with Gasteiger partial charge in [-0.05, 0) is 41.0 Å². The highest BCUT2D eigenvalue weighted by molar-refractivity contribution is 7.90. The molecular weight excluding hydrogens is 733 g/mol. The van der Waals surface area contributed by atoms with Gasteiger partial charge in [-0.3, -0.25) is 24.0 Å². The molecule has 0 unspecified atom stereocenters. The molecule has 0 bridgehead atoms. The van der Waals surface area contributed by atoms with E-state index < -0.39 is 60.4 Å². The second kappa shape index (κ2) is 13.3. The minimum atomic E-state index is -4.31. The molecular formula is C39H26N4O9S2. The molecule has 0 aliphatic heterocycles. The number of hydrogen-bond donors (Lipinski definition) is 1. The maximum Gasteiger partial charge on any atom is 0.268 e. The van der Waals surface area contributed by atoms with Crippen molar-refractivity contribution in [3.8, 4) is 28.3 Å². The number of nitrogens with zero attached hydrogens (tertiary/aromatic N) is 3. The number of Topliss-reactive ketones (excluding diaryl/α,β-unsaturated/α-hetero) is 4. The lowest BCUT2D eigenvalue weighted by Gasteiger charge is -2.16. The molecule has 7 rings (SSSR count). The topological polar surface area (TPSA) is 199 Å². The lowest BCUT2D eigenvalue weighted by Crippen LogP contribution is -2.31. The van der Waals surface area contributed by atoms with E-state index in [1.165, 1.54) is 73.9 Å². The average molecular weight is 759 g/mol. The van der Waals surface area contributed by atoms with Crippen molar-refractivity contribution in [1.82, 2.24) is 13.3 Å². The Morgan fingerprint density at radius 2 is 1.22 bits per heavy atom. The Hall–Kier alpha value is -6.76. The number of amides is 1. The Morgan fingerprint density at radius 3 is 1.81 bits per heavy atom. The maximum atomic E-state index is 14.0. The van der Waals surface area contributed by atoms with Crippen LogP contribution in [-0.4, -0.2) is 60.4 Å². The fraction of sp³-hybridized carbons (Fsp3) is 0.0769. The summed E-state index contributed by atoms with van der Waals surface area (Å²) < 4.78 is 57.5. The second-order valence-electron chi connectivity index (χ2n) is 12.4. The van der Waals surface area contributed by atoms with Crippen molar-refractivity contribution in [2.45, 2.75) is 17.6 Å². The van der Waals surface area contributed by atoms with Crippen molar-refractivity contribution >= 4 is 61.2 Å². The van der Waals surface area contributed by atoms with E-state index in [0.717, 1.165) is 14.0 Å². The van der Waals surface area contributed by atoms with E-state index in [2.05, 4.69) is 5.32 Å². The number of aromatic nitrogens is 2. The van der Waals surface area contributed by atoms with Gasteiger partial charge in [0.2, 0.25) is 39.1 Å². The number of hydrogen-bond acceptors (Lipinski definition) is 10. The van der Waals surface area contributed by atoms with Crippen LogP contribution in [0.1, 0.15) is 44.6 Å². The minimum Gasteiger partial charge on any atom is -0.352 e. The molecule has 1 N–H and O–H groups in total. The van der Waals surface area contributed by atoms with Crippen LogP contribution in [0.25, 0.3) is 34.4 Å². The molecule has 0 saturated carbocycles. The molecule has 5 aromatic rings. The number of carbonyl (C=O) groups excluding carboxylic acids is 5. The number of nitrogens with one attached hydrogen (secondary N) is 1.